The van der Waals surface area contributed by atoms with Crippen LogP contribution in [0.4, 0.5) is 0 Å². The highest BCUT2D eigenvalue weighted by Gasteiger charge is 2.49. The van der Waals surface area contributed by atoms with Gasteiger partial charge in [0.05, 0.1) is 5.92 Å². The van der Waals surface area contributed by atoms with Crippen molar-refractivity contribution in [2.75, 3.05) is 6.54 Å². The first kappa shape index (κ1) is 12.9. The Bertz CT molecular complexity index is 385. The molecule has 0 radical (unpaired) electrons. The maximum atomic E-state index is 12.1. The molecule has 106 valence electrons. The van der Waals surface area contributed by atoms with Gasteiger partial charge in [0.2, 0.25) is 5.91 Å². The number of carbonyl (C=O) groups is 2. The third-order valence-electron chi connectivity index (χ3n) is 5.56. The van der Waals surface area contributed by atoms with Crippen molar-refractivity contribution in [1.82, 2.24) is 5.32 Å². The fourth-order valence-electron chi connectivity index (χ4n) is 3.91. The Balaban J connectivity index is 1.48. The Morgan fingerprint density at radius 2 is 1.79 bits per heavy atom. The summed E-state index contributed by atoms with van der Waals surface area (Å²) in [6.45, 7) is 0.824. The van der Waals surface area contributed by atoms with E-state index in [4.69, 9.17) is 5.11 Å². The van der Waals surface area contributed by atoms with Gasteiger partial charge in [-0.3, -0.25) is 9.59 Å². The van der Waals surface area contributed by atoms with Crippen LogP contribution in [0.5, 0.6) is 0 Å². The van der Waals surface area contributed by atoms with E-state index >= 15 is 0 Å². The lowest BCUT2D eigenvalue weighted by Crippen LogP contribution is -2.45. The molecule has 0 aliphatic heterocycles. The van der Waals surface area contributed by atoms with Crippen molar-refractivity contribution < 1.29 is 14.7 Å². The molecule has 0 aromatic carbocycles. The maximum absolute atomic E-state index is 12.1. The first-order valence-electron chi connectivity index (χ1n) is 7.61. The fraction of sp³-hybridized carbons (Fsp3) is 0.867. The highest BCUT2D eigenvalue weighted by Crippen LogP contribution is 2.56. The van der Waals surface area contributed by atoms with Gasteiger partial charge in [-0.05, 0) is 56.3 Å². The van der Waals surface area contributed by atoms with Crippen LogP contribution < -0.4 is 5.32 Å². The van der Waals surface area contributed by atoms with E-state index in [-0.39, 0.29) is 17.7 Å². The Hall–Kier alpha value is -1.06. The molecule has 0 aromatic heterocycles. The van der Waals surface area contributed by atoms with Crippen LogP contribution in [0.15, 0.2) is 0 Å². The van der Waals surface area contributed by atoms with Crippen LogP contribution in [0, 0.1) is 23.2 Å². The van der Waals surface area contributed by atoms with E-state index in [1.165, 1.54) is 32.1 Å². The lowest BCUT2D eigenvalue weighted by atomic mass is 9.65. The van der Waals surface area contributed by atoms with Gasteiger partial charge < -0.3 is 10.4 Å². The van der Waals surface area contributed by atoms with Crippen LogP contribution in [0.25, 0.3) is 0 Å². The molecule has 3 rings (SSSR count). The average molecular weight is 265 g/mol. The molecule has 4 heteroatoms. The molecule has 3 saturated carbocycles. The van der Waals surface area contributed by atoms with Gasteiger partial charge in [-0.2, -0.15) is 0 Å². The van der Waals surface area contributed by atoms with Gasteiger partial charge in [0, 0.05) is 12.5 Å². The molecule has 0 aromatic rings. The van der Waals surface area contributed by atoms with E-state index in [0.717, 1.165) is 18.9 Å². The summed E-state index contributed by atoms with van der Waals surface area (Å²) in [6.07, 6.45) is 8.41. The molecule has 0 heterocycles. The molecule has 4 nitrogen and oxygen atoms in total. The number of hydrogen-bond donors (Lipinski definition) is 2. The van der Waals surface area contributed by atoms with Crippen molar-refractivity contribution in [2.45, 2.75) is 51.4 Å². The van der Waals surface area contributed by atoms with Gasteiger partial charge in [-0.1, -0.05) is 6.42 Å². The number of carbonyl (C=O) groups excluding carboxylic acids is 1. The summed E-state index contributed by atoms with van der Waals surface area (Å²) in [7, 11) is 0. The molecule has 2 N–H and O–H groups in total. The Labute approximate surface area is 113 Å². The van der Waals surface area contributed by atoms with Crippen molar-refractivity contribution in [3.05, 3.63) is 0 Å². The summed E-state index contributed by atoms with van der Waals surface area (Å²) in [4.78, 5) is 23.0. The van der Waals surface area contributed by atoms with Crippen LogP contribution >= 0.6 is 0 Å². The predicted molar refractivity (Wildman–Crippen MR) is 70.5 cm³/mol. The average Bonchev–Trinajstić information content (AvgIpc) is 3.04. The van der Waals surface area contributed by atoms with Gasteiger partial charge >= 0.3 is 5.97 Å². The van der Waals surface area contributed by atoms with Gasteiger partial charge in [-0.25, -0.2) is 0 Å². The van der Waals surface area contributed by atoms with Crippen molar-refractivity contribution in [2.24, 2.45) is 23.2 Å². The number of hydrogen-bond acceptors (Lipinski definition) is 2. The fourth-order valence-corrected chi connectivity index (χ4v) is 3.91. The number of nitrogens with one attached hydrogen (secondary N) is 1. The molecule has 0 spiro atoms. The second-order valence-electron chi connectivity index (χ2n) is 6.75. The lowest BCUT2D eigenvalue weighted by Gasteiger charge is -2.42. The summed E-state index contributed by atoms with van der Waals surface area (Å²) in [5.41, 5.74) is 0.403. The first-order valence-corrected chi connectivity index (χ1v) is 7.61. The summed E-state index contributed by atoms with van der Waals surface area (Å²) in [6, 6.07) is 0. The first-order chi connectivity index (χ1) is 9.11. The minimum absolute atomic E-state index is 0.0718. The van der Waals surface area contributed by atoms with Crippen molar-refractivity contribution in [1.29, 1.82) is 0 Å². The Morgan fingerprint density at radius 1 is 1.11 bits per heavy atom. The zero-order chi connectivity index (χ0) is 13.5. The number of amides is 1. The molecule has 19 heavy (non-hydrogen) atoms. The number of aliphatic carboxylic acids is 1. The van der Waals surface area contributed by atoms with Crippen LogP contribution in [-0.2, 0) is 9.59 Å². The molecule has 0 bridgehead atoms. The van der Waals surface area contributed by atoms with E-state index in [1.54, 1.807) is 0 Å². The minimum Gasteiger partial charge on any atom is -0.481 e. The van der Waals surface area contributed by atoms with Crippen molar-refractivity contribution in [3.63, 3.8) is 0 Å². The van der Waals surface area contributed by atoms with Gasteiger partial charge in [0.25, 0.3) is 0 Å². The molecule has 3 aliphatic rings. The molecular weight excluding hydrogens is 242 g/mol. The SMILES string of the molecule is O=C(O)[C@@H]1CC[C@H](C(=O)NCC2(C3CC3)CCC2)C1. The topological polar surface area (TPSA) is 66.4 Å². The van der Waals surface area contributed by atoms with Crippen LogP contribution in [0.3, 0.4) is 0 Å². The highest BCUT2D eigenvalue weighted by molar-refractivity contribution is 5.80. The standard InChI is InChI=1S/C15H23NO3/c17-13(10-2-3-11(8-10)14(18)19)16-9-15(6-1-7-15)12-4-5-12/h10-12H,1-9H2,(H,16,17)(H,18,19)/t10-,11+/m0/s1. The zero-order valence-electron chi connectivity index (χ0n) is 11.4. The van der Waals surface area contributed by atoms with E-state index in [0.29, 0.717) is 18.3 Å². The molecule has 3 aliphatic carbocycles. The summed E-state index contributed by atoms with van der Waals surface area (Å²) >= 11 is 0. The second-order valence-corrected chi connectivity index (χ2v) is 6.75. The molecule has 1 amide bonds. The number of rotatable bonds is 5. The predicted octanol–water partition coefficient (Wildman–Crippen LogP) is 2.18. The van der Waals surface area contributed by atoms with E-state index in [9.17, 15) is 9.59 Å². The summed E-state index contributed by atoms with van der Waals surface area (Å²) in [5.74, 6) is -0.189. The second kappa shape index (κ2) is 4.80. The van der Waals surface area contributed by atoms with Crippen molar-refractivity contribution >= 4 is 11.9 Å². The Morgan fingerprint density at radius 3 is 2.26 bits per heavy atom. The molecule has 0 saturated heterocycles. The minimum atomic E-state index is -0.747. The summed E-state index contributed by atoms with van der Waals surface area (Å²) in [5, 5.41) is 12.1. The highest BCUT2D eigenvalue weighted by atomic mass is 16.4. The molecule has 0 unspecified atom stereocenters. The van der Waals surface area contributed by atoms with E-state index in [1.807, 2.05) is 0 Å². The van der Waals surface area contributed by atoms with Gasteiger partial charge in [0.1, 0.15) is 0 Å². The number of carboxylic acids is 1. The largest absolute Gasteiger partial charge is 0.481 e. The molecule has 3 fully saturated rings. The van der Waals surface area contributed by atoms with Crippen LogP contribution in [0.2, 0.25) is 0 Å². The smallest absolute Gasteiger partial charge is 0.306 e. The maximum Gasteiger partial charge on any atom is 0.306 e. The van der Waals surface area contributed by atoms with Crippen molar-refractivity contribution in [3.8, 4) is 0 Å². The van der Waals surface area contributed by atoms with Gasteiger partial charge in [-0.15, -0.1) is 0 Å². The van der Waals surface area contributed by atoms with Crippen LogP contribution in [0.1, 0.15) is 51.4 Å². The Kier molecular flexibility index (Phi) is 3.27. The third-order valence-corrected chi connectivity index (χ3v) is 5.56. The summed E-state index contributed by atoms with van der Waals surface area (Å²) < 4.78 is 0. The van der Waals surface area contributed by atoms with Crippen LogP contribution in [-0.4, -0.2) is 23.5 Å². The number of carboxylic acid groups (broad SMARTS) is 1. The van der Waals surface area contributed by atoms with Gasteiger partial charge in [0.15, 0.2) is 0 Å². The van der Waals surface area contributed by atoms with E-state index < -0.39 is 5.97 Å². The third kappa shape index (κ3) is 2.49. The quantitative estimate of drug-likeness (QED) is 0.800. The normalized spacial score (nSPS) is 32.6. The zero-order valence-corrected chi connectivity index (χ0v) is 11.4. The lowest BCUT2D eigenvalue weighted by molar-refractivity contribution is -0.141. The van der Waals surface area contributed by atoms with E-state index in [2.05, 4.69) is 5.32 Å². The molecule has 2 atom stereocenters. The monoisotopic (exact) mass is 265 g/mol. The molecular formula is C15H23NO3.